The van der Waals surface area contributed by atoms with Crippen LogP contribution in [-0.4, -0.2) is 6.04 Å². The summed E-state index contributed by atoms with van der Waals surface area (Å²) >= 11 is 0. The van der Waals surface area contributed by atoms with E-state index in [1.165, 1.54) is 32.1 Å². The van der Waals surface area contributed by atoms with Gasteiger partial charge in [-0.2, -0.15) is 0 Å². The second-order valence-electron chi connectivity index (χ2n) is 5.47. The van der Waals surface area contributed by atoms with Gasteiger partial charge in [0.05, 0.1) is 0 Å². The molecule has 1 nitrogen and oxygen atoms in total. The van der Waals surface area contributed by atoms with Crippen LogP contribution in [0.3, 0.4) is 0 Å². The molecule has 76 valence electrons. The Labute approximate surface area is 82.1 Å². The summed E-state index contributed by atoms with van der Waals surface area (Å²) in [5.74, 6) is 3.83. The van der Waals surface area contributed by atoms with Gasteiger partial charge in [0.2, 0.25) is 0 Å². The van der Waals surface area contributed by atoms with Crippen molar-refractivity contribution in [3.8, 4) is 0 Å². The monoisotopic (exact) mass is 181 g/mol. The van der Waals surface area contributed by atoms with Crippen molar-refractivity contribution < 1.29 is 0 Å². The molecule has 3 atom stereocenters. The molecular formula is C12H23N. The summed E-state index contributed by atoms with van der Waals surface area (Å²) in [6, 6.07) is 0.526. The summed E-state index contributed by atoms with van der Waals surface area (Å²) in [5, 5.41) is 0. The Kier molecular flexibility index (Phi) is 2.64. The molecule has 0 amide bonds. The molecule has 0 bridgehead atoms. The Morgan fingerprint density at radius 1 is 1.15 bits per heavy atom. The van der Waals surface area contributed by atoms with Crippen LogP contribution in [-0.2, 0) is 0 Å². The van der Waals surface area contributed by atoms with Crippen molar-refractivity contribution in [2.24, 2.45) is 29.4 Å². The molecule has 2 aliphatic carbocycles. The summed E-state index contributed by atoms with van der Waals surface area (Å²) < 4.78 is 0. The third-order valence-electron chi connectivity index (χ3n) is 4.04. The molecule has 0 radical (unpaired) electrons. The molecule has 2 rings (SSSR count). The van der Waals surface area contributed by atoms with Gasteiger partial charge >= 0.3 is 0 Å². The first kappa shape index (κ1) is 9.51. The van der Waals surface area contributed by atoms with E-state index in [-0.39, 0.29) is 0 Å². The average molecular weight is 181 g/mol. The predicted octanol–water partition coefficient (Wildman–Crippen LogP) is 2.80. The molecule has 0 aromatic rings. The van der Waals surface area contributed by atoms with Crippen LogP contribution in [0.15, 0.2) is 0 Å². The summed E-state index contributed by atoms with van der Waals surface area (Å²) in [6.45, 7) is 4.58. The molecule has 2 fully saturated rings. The van der Waals surface area contributed by atoms with Crippen molar-refractivity contribution in [2.75, 3.05) is 0 Å². The van der Waals surface area contributed by atoms with Gasteiger partial charge in [0, 0.05) is 6.04 Å². The first-order chi connectivity index (χ1) is 6.20. The van der Waals surface area contributed by atoms with Gasteiger partial charge in [0.15, 0.2) is 0 Å². The molecule has 0 saturated heterocycles. The first-order valence-electron chi connectivity index (χ1n) is 5.95. The minimum atomic E-state index is 0.526. The number of fused-ring (bicyclic) bond motifs is 1. The van der Waals surface area contributed by atoms with E-state index in [9.17, 15) is 0 Å². The Morgan fingerprint density at radius 2 is 1.77 bits per heavy atom. The Morgan fingerprint density at radius 3 is 2.31 bits per heavy atom. The fourth-order valence-corrected chi connectivity index (χ4v) is 3.23. The van der Waals surface area contributed by atoms with Gasteiger partial charge in [-0.15, -0.1) is 0 Å². The van der Waals surface area contributed by atoms with Crippen LogP contribution >= 0.6 is 0 Å². The standard InChI is InChI=1S/C12H23N/c1-8(2)6-7-11(13)12-9-4-3-5-10(9)12/h8-12H,3-7,13H2,1-2H3. The molecule has 0 heterocycles. The summed E-state index contributed by atoms with van der Waals surface area (Å²) in [7, 11) is 0. The van der Waals surface area contributed by atoms with Crippen molar-refractivity contribution >= 4 is 0 Å². The van der Waals surface area contributed by atoms with Crippen molar-refractivity contribution in [3.05, 3.63) is 0 Å². The molecule has 2 saturated carbocycles. The molecule has 2 N–H and O–H groups in total. The zero-order valence-corrected chi connectivity index (χ0v) is 9.00. The normalized spacial score (nSPS) is 39.2. The Hall–Kier alpha value is -0.0400. The van der Waals surface area contributed by atoms with Gasteiger partial charge in [-0.1, -0.05) is 20.3 Å². The summed E-state index contributed by atoms with van der Waals surface area (Å²) in [5.41, 5.74) is 6.22. The Bertz CT molecular complexity index is 166. The van der Waals surface area contributed by atoms with E-state index >= 15 is 0 Å². The van der Waals surface area contributed by atoms with Crippen LogP contribution < -0.4 is 5.73 Å². The molecule has 13 heavy (non-hydrogen) atoms. The molecule has 1 heteroatoms. The highest BCUT2D eigenvalue weighted by Gasteiger charge is 2.54. The highest BCUT2D eigenvalue weighted by atomic mass is 14.7. The molecule has 3 unspecified atom stereocenters. The fraction of sp³-hybridized carbons (Fsp3) is 1.00. The van der Waals surface area contributed by atoms with Crippen LogP contribution in [0.1, 0.15) is 46.0 Å². The average Bonchev–Trinajstić information content (AvgIpc) is 2.56. The number of hydrogen-bond acceptors (Lipinski definition) is 1. The van der Waals surface area contributed by atoms with Gasteiger partial charge < -0.3 is 5.73 Å². The quantitative estimate of drug-likeness (QED) is 0.709. The highest BCUT2D eigenvalue weighted by molar-refractivity contribution is 5.05. The van der Waals surface area contributed by atoms with E-state index in [2.05, 4.69) is 13.8 Å². The Balaban J connectivity index is 1.70. The number of nitrogens with two attached hydrogens (primary N) is 1. The largest absolute Gasteiger partial charge is 0.327 e. The predicted molar refractivity (Wildman–Crippen MR) is 56.4 cm³/mol. The third kappa shape index (κ3) is 1.90. The molecule has 0 aliphatic heterocycles. The fourth-order valence-electron chi connectivity index (χ4n) is 3.23. The van der Waals surface area contributed by atoms with Crippen LogP contribution in [0.4, 0.5) is 0 Å². The minimum absolute atomic E-state index is 0.526. The second-order valence-corrected chi connectivity index (χ2v) is 5.47. The van der Waals surface area contributed by atoms with Crippen molar-refractivity contribution in [3.63, 3.8) is 0 Å². The van der Waals surface area contributed by atoms with Crippen LogP contribution in [0, 0.1) is 23.7 Å². The van der Waals surface area contributed by atoms with Crippen LogP contribution in [0.5, 0.6) is 0 Å². The molecule has 2 aliphatic rings. The number of rotatable bonds is 4. The van der Waals surface area contributed by atoms with E-state index in [1.54, 1.807) is 0 Å². The summed E-state index contributed by atoms with van der Waals surface area (Å²) in [4.78, 5) is 0. The lowest BCUT2D eigenvalue weighted by Crippen LogP contribution is -2.25. The van der Waals surface area contributed by atoms with E-state index in [1.807, 2.05) is 0 Å². The topological polar surface area (TPSA) is 26.0 Å². The second kappa shape index (κ2) is 3.61. The lowest BCUT2D eigenvalue weighted by atomic mass is 9.97. The minimum Gasteiger partial charge on any atom is -0.327 e. The molecule has 0 spiro atoms. The van der Waals surface area contributed by atoms with Crippen LogP contribution in [0.2, 0.25) is 0 Å². The maximum absolute atomic E-state index is 6.22. The zero-order valence-electron chi connectivity index (χ0n) is 9.00. The van der Waals surface area contributed by atoms with Gasteiger partial charge in [-0.3, -0.25) is 0 Å². The SMILES string of the molecule is CC(C)CCC(N)C1C2CCCC21. The van der Waals surface area contributed by atoms with E-state index < -0.39 is 0 Å². The van der Waals surface area contributed by atoms with Gasteiger partial charge in [-0.05, 0) is 49.4 Å². The first-order valence-corrected chi connectivity index (χ1v) is 5.95. The smallest absolute Gasteiger partial charge is 0.00727 e. The molecule has 0 aromatic heterocycles. The molecular weight excluding hydrogens is 158 g/mol. The van der Waals surface area contributed by atoms with Gasteiger partial charge in [0.1, 0.15) is 0 Å². The lowest BCUT2D eigenvalue weighted by Gasteiger charge is -2.14. The summed E-state index contributed by atoms with van der Waals surface area (Å²) in [6.07, 6.45) is 7.00. The maximum Gasteiger partial charge on any atom is 0.00727 e. The lowest BCUT2D eigenvalue weighted by molar-refractivity contribution is 0.421. The highest BCUT2D eigenvalue weighted by Crippen LogP contribution is 2.59. The van der Waals surface area contributed by atoms with Gasteiger partial charge in [-0.25, -0.2) is 0 Å². The van der Waals surface area contributed by atoms with E-state index in [4.69, 9.17) is 5.73 Å². The van der Waals surface area contributed by atoms with Crippen LogP contribution in [0.25, 0.3) is 0 Å². The maximum atomic E-state index is 6.22. The van der Waals surface area contributed by atoms with Crippen molar-refractivity contribution in [1.82, 2.24) is 0 Å². The number of hydrogen-bond donors (Lipinski definition) is 1. The van der Waals surface area contributed by atoms with Gasteiger partial charge in [0.25, 0.3) is 0 Å². The molecule has 0 aromatic carbocycles. The van der Waals surface area contributed by atoms with E-state index in [0.29, 0.717) is 6.04 Å². The zero-order chi connectivity index (χ0) is 9.42. The third-order valence-corrected chi connectivity index (χ3v) is 4.04. The van der Waals surface area contributed by atoms with Crippen molar-refractivity contribution in [2.45, 2.75) is 52.0 Å². The van der Waals surface area contributed by atoms with E-state index in [0.717, 1.165) is 23.7 Å². The van der Waals surface area contributed by atoms with Crippen molar-refractivity contribution in [1.29, 1.82) is 0 Å².